The Morgan fingerprint density at radius 1 is 1.23 bits per heavy atom. The van der Waals surface area contributed by atoms with Crippen molar-refractivity contribution in [2.24, 2.45) is 0 Å². The molecule has 2 aliphatic heterocycles. The first kappa shape index (κ1) is 20.4. The lowest BCUT2D eigenvalue weighted by atomic mass is 9.95. The standard InChI is InChI=1S/C20H21F3N4O3/c1-2-27-6-5-15(26-27)19(29)24-13-8-11(7-12(9-13)20(21,22)23)18(28)25-16-10-14-3-4-17(16)30-14/h5-9,14,16-17H,2-4,10H2,1H3,(H,24,29)(H,25,28)/t14-,16+,17+/m0/s1. The number of hydrogen-bond acceptors (Lipinski definition) is 4. The number of hydrogen-bond donors (Lipinski definition) is 2. The van der Waals surface area contributed by atoms with Crippen molar-refractivity contribution in [3.8, 4) is 0 Å². The van der Waals surface area contributed by atoms with Crippen LogP contribution in [0, 0.1) is 0 Å². The fourth-order valence-corrected chi connectivity index (χ4v) is 3.89. The van der Waals surface area contributed by atoms with Gasteiger partial charge in [-0.05, 0) is 50.5 Å². The number of carbonyl (C=O) groups excluding carboxylic acids is 2. The number of rotatable bonds is 5. The van der Waals surface area contributed by atoms with Crippen LogP contribution >= 0.6 is 0 Å². The summed E-state index contributed by atoms with van der Waals surface area (Å²) in [6.45, 7) is 2.39. The van der Waals surface area contributed by atoms with Gasteiger partial charge in [0.25, 0.3) is 11.8 Å². The molecule has 0 unspecified atom stereocenters. The third-order valence-corrected chi connectivity index (χ3v) is 5.40. The van der Waals surface area contributed by atoms with Crippen LogP contribution in [0.25, 0.3) is 0 Å². The van der Waals surface area contributed by atoms with E-state index in [2.05, 4.69) is 15.7 Å². The molecule has 0 saturated carbocycles. The number of nitrogens with zero attached hydrogens (tertiary/aromatic N) is 2. The second-order valence-electron chi connectivity index (χ2n) is 7.50. The molecule has 1 aromatic carbocycles. The number of aryl methyl sites for hydroxylation is 1. The quantitative estimate of drug-likeness (QED) is 0.775. The summed E-state index contributed by atoms with van der Waals surface area (Å²) in [7, 11) is 0. The van der Waals surface area contributed by atoms with E-state index in [1.54, 1.807) is 6.20 Å². The number of aromatic nitrogens is 2. The number of alkyl halides is 3. The Kier molecular flexibility index (Phi) is 5.27. The number of halogens is 3. The lowest BCUT2D eigenvalue weighted by Crippen LogP contribution is -2.41. The number of ether oxygens (including phenoxy) is 1. The van der Waals surface area contributed by atoms with Crippen molar-refractivity contribution < 1.29 is 27.5 Å². The number of nitrogens with one attached hydrogen (secondary N) is 2. The predicted octanol–water partition coefficient (Wildman–Crippen LogP) is 3.22. The normalized spacial score (nSPS) is 22.9. The zero-order valence-corrected chi connectivity index (χ0v) is 16.2. The molecule has 10 heteroatoms. The number of benzene rings is 1. The number of carbonyl (C=O) groups is 2. The van der Waals surface area contributed by atoms with Crippen LogP contribution < -0.4 is 10.6 Å². The first-order valence-electron chi connectivity index (χ1n) is 9.76. The minimum atomic E-state index is -4.67. The minimum absolute atomic E-state index is 0.0689. The Morgan fingerprint density at radius 3 is 2.63 bits per heavy atom. The van der Waals surface area contributed by atoms with Crippen molar-refractivity contribution in [3.63, 3.8) is 0 Å². The Hall–Kier alpha value is -2.88. The third kappa shape index (κ3) is 4.18. The van der Waals surface area contributed by atoms with Gasteiger partial charge in [0.1, 0.15) is 0 Å². The molecule has 3 atom stereocenters. The summed E-state index contributed by atoms with van der Waals surface area (Å²) in [5.41, 5.74) is -1.26. The molecule has 2 fully saturated rings. The Morgan fingerprint density at radius 2 is 2.03 bits per heavy atom. The molecule has 2 N–H and O–H groups in total. The number of fused-ring (bicyclic) bond motifs is 2. The van der Waals surface area contributed by atoms with Gasteiger partial charge in [-0.15, -0.1) is 0 Å². The Bertz CT molecular complexity index is 972. The van der Waals surface area contributed by atoms with E-state index in [0.29, 0.717) is 13.0 Å². The second kappa shape index (κ2) is 7.75. The highest BCUT2D eigenvalue weighted by Crippen LogP contribution is 2.35. The molecule has 2 bridgehead atoms. The van der Waals surface area contributed by atoms with Gasteiger partial charge >= 0.3 is 6.18 Å². The van der Waals surface area contributed by atoms with Gasteiger partial charge in [0.05, 0.1) is 23.8 Å². The molecule has 2 saturated heterocycles. The first-order chi connectivity index (χ1) is 14.2. The summed E-state index contributed by atoms with van der Waals surface area (Å²) in [5, 5.41) is 9.21. The average Bonchev–Trinajstić information content (AvgIpc) is 3.43. The number of amides is 2. The lowest BCUT2D eigenvalue weighted by molar-refractivity contribution is -0.137. The van der Waals surface area contributed by atoms with E-state index in [-0.39, 0.29) is 35.2 Å². The maximum absolute atomic E-state index is 13.4. The smallest absolute Gasteiger partial charge is 0.373 e. The zero-order chi connectivity index (χ0) is 21.5. The van der Waals surface area contributed by atoms with Gasteiger partial charge in [-0.1, -0.05) is 0 Å². The van der Waals surface area contributed by atoms with Gasteiger partial charge in [-0.25, -0.2) is 0 Å². The van der Waals surface area contributed by atoms with Crippen molar-refractivity contribution >= 4 is 17.5 Å². The zero-order valence-electron chi connectivity index (χ0n) is 16.2. The van der Waals surface area contributed by atoms with Gasteiger partial charge in [-0.3, -0.25) is 14.3 Å². The highest BCUT2D eigenvalue weighted by molar-refractivity contribution is 6.04. The highest BCUT2D eigenvalue weighted by Gasteiger charge is 2.41. The summed E-state index contributed by atoms with van der Waals surface area (Å²) < 4.78 is 47.3. The van der Waals surface area contributed by atoms with E-state index < -0.39 is 23.6 Å². The molecule has 2 amide bonds. The minimum Gasteiger partial charge on any atom is -0.373 e. The summed E-state index contributed by atoms with van der Waals surface area (Å²) >= 11 is 0. The molecule has 30 heavy (non-hydrogen) atoms. The van der Waals surface area contributed by atoms with Crippen LogP contribution in [0.5, 0.6) is 0 Å². The fraction of sp³-hybridized carbons (Fsp3) is 0.450. The van der Waals surface area contributed by atoms with E-state index in [1.165, 1.54) is 16.8 Å². The fourth-order valence-electron chi connectivity index (χ4n) is 3.89. The molecule has 1 aromatic heterocycles. The molecule has 0 spiro atoms. The van der Waals surface area contributed by atoms with Crippen LogP contribution in [0.4, 0.5) is 18.9 Å². The monoisotopic (exact) mass is 422 g/mol. The Labute approximate surface area is 170 Å². The van der Waals surface area contributed by atoms with E-state index in [4.69, 9.17) is 4.74 Å². The van der Waals surface area contributed by atoms with Gasteiger partial charge in [-0.2, -0.15) is 18.3 Å². The third-order valence-electron chi connectivity index (χ3n) is 5.40. The topological polar surface area (TPSA) is 85.2 Å². The van der Waals surface area contributed by atoms with Crippen LogP contribution in [0.15, 0.2) is 30.5 Å². The van der Waals surface area contributed by atoms with Crippen molar-refractivity contribution in [1.29, 1.82) is 0 Å². The molecule has 7 nitrogen and oxygen atoms in total. The van der Waals surface area contributed by atoms with Crippen molar-refractivity contribution in [1.82, 2.24) is 15.1 Å². The van der Waals surface area contributed by atoms with Gasteiger partial charge in [0.2, 0.25) is 0 Å². The van der Waals surface area contributed by atoms with Crippen LogP contribution in [0.3, 0.4) is 0 Å². The van der Waals surface area contributed by atoms with E-state index in [1.807, 2.05) is 6.92 Å². The summed E-state index contributed by atoms with van der Waals surface area (Å²) in [6, 6.07) is 4.06. The SMILES string of the molecule is CCn1ccc(C(=O)Nc2cc(C(=O)N[C@@H]3C[C@@H]4CC[C@H]3O4)cc(C(F)(F)F)c2)n1. The van der Waals surface area contributed by atoms with Crippen molar-refractivity contribution in [2.45, 2.75) is 57.2 Å². The molecule has 0 aliphatic carbocycles. The van der Waals surface area contributed by atoms with Gasteiger partial charge < -0.3 is 15.4 Å². The molecule has 3 heterocycles. The van der Waals surface area contributed by atoms with E-state index in [9.17, 15) is 22.8 Å². The molecule has 2 aromatic rings. The summed E-state index contributed by atoms with van der Waals surface area (Å²) in [5.74, 6) is -1.29. The van der Waals surface area contributed by atoms with Crippen LogP contribution in [0.1, 0.15) is 52.6 Å². The molecule has 4 rings (SSSR count). The molecular formula is C20H21F3N4O3. The van der Waals surface area contributed by atoms with Gasteiger partial charge in [0.15, 0.2) is 5.69 Å². The molecule has 160 valence electrons. The van der Waals surface area contributed by atoms with E-state index >= 15 is 0 Å². The van der Waals surface area contributed by atoms with Crippen LogP contribution in [-0.4, -0.2) is 39.8 Å². The molecular weight excluding hydrogens is 401 g/mol. The maximum Gasteiger partial charge on any atom is 0.416 e. The summed E-state index contributed by atoms with van der Waals surface area (Å²) in [6.07, 6.45) is -0.669. The van der Waals surface area contributed by atoms with Crippen LogP contribution in [-0.2, 0) is 17.5 Å². The predicted molar refractivity (Wildman–Crippen MR) is 101 cm³/mol. The molecule has 2 aliphatic rings. The maximum atomic E-state index is 13.4. The van der Waals surface area contributed by atoms with Gasteiger partial charge in [0, 0.05) is 24.0 Å². The highest BCUT2D eigenvalue weighted by atomic mass is 19.4. The summed E-state index contributed by atoms with van der Waals surface area (Å²) in [4.78, 5) is 25.0. The second-order valence-corrected chi connectivity index (χ2v) is 7.50. The number of anilines is 1. The first-order valence-corrected chi connectivity index (χ1v) is 9.76. The van der Waals surface area contributed by atoms with Crippen molar-refractivity contribution in [3.05, 3.63) is 47.3 Å². The Balaban J connectivity index is 1.55. The van der Waals surface area contributed by atoms with E-state index in [0.717, 1.165) is 25.0 Å². The molecule has 0 radical (unpaired) electrons. The van der Waals surface area contributed by atoms with Crippen molar-refractivity contribution in [2.75, 3.05) is 5.32 Å². The lowest BCUT2D eigenvalue weighted by Gasteiger charge is -2.20. The largest absolute Gasteiger partial charge is 0.416 e. The average molecular weight is 422 g/mol. The van der Waals surface area contributed by atoms with Crippen LogP contribution in [0.2, 0.25) is 0 Å².